The summed E-state index contributed by atoms with van der Waals surface area (Å²) in [6, 6.07) is 14.2. The van der Waals surface area contributed by atoms with E-state index >= 15 is 0 Å². The van der Waals surface area contributed by atoms with Crippen LogP contribution in [0, 0.1) is 5.82 Å². The van der Waals surface area contributed by atoms with Crippen LogP contribution in [0.4, 0.5) is 4.39 Å². The Morgan fingerprint density at radius 3 is 2.45 bits per heavy atom. The van der Waals surface area contributed by atoms with Gasteiger partial charge in [0.1, 0.15) is 5.82 Å². The molecule has 0 heterocycles. The molecule has 4 heteroatoms. The van der Waals surface area contributed by atoms with E-state index in [0.717, 1.165) is 5.56 Å². The van der Waals surface area contributed by atoms with Crippen LogP contribution in [-0.4, -0.2) is 11.7 Å². The van der Waals surface area contributed by atoms with Gasteiger partial charge in [0.2, 0.25) is 0 Å². The van der Waals surface area contributed by atoms with Crippen molar-refractivity contribution in [2.75, 3.05) is 6.61 Å². The molecule has 2 nitrogen and oxygen atoms in total. The van der Waals surface area contributed by atoms with Gasteiger partial charge in [0.25, 0.3) is 0 Å². The van der Waals surface area contributed by atoms with Crippen molar-refractivity contribution in [3.63, 3.8) is 0 Å². The quantitative estimate of drug-likeness (QED) is 0.877. The molecule has 0 bridgehead atoms. The molecule has 2 aromatic rings. The molecule has 0 aromatic heterocycles. The van der Waals surface area contributed by atoms with Crippen molar-refractivity contribution in [1.82, 2.24) is 5.32 Å². The van der Waals surface area contributed by atoms with Gasteiger partial charge in [-0.2, -0.15) is 0 Å². The van der Waals surface area contributed by atoms with Crippen molar-refractivity contribution in [3.8, 4) is 0 Å². The fourth-order valence-electron chi connectivity index (χ4n) is 2.12. The lowest BCUT2D eigenvalue weighted by molar-refractivity contribution is 0.235. The molecular formula is C16H17ClFNO. The highest BCUT2D eigenvalue weighted by Gasteiger charge is 2.15. The SMILES string of the molecule is CC(NC(CO)c1ccc(Cl)c(F)c1)c1ccccc1. The second-order valence-corrected chi connectivity index (χ2v) is 5.11. The number of nitrogens with one attached hydrogen (secondary N) is 1. The van der Waals surface area contributed by atoms with E-state index < -0.39 is 5.82 Å². The Bertz CT molecular complexity index is 562. The van der Waals surface area contributed by atoms with E-state index in [1.807, 2.05) is 37.3 Å². The lowest BCUT2D eigenvalue weighted by Crippen LogP contribution is -2.27. The normalized spacial score (nSPS) is 14.0. The second kappa shape index (κ2) is 6.84. The molecule has 2 N–H and O–H groups in total. The molecule has 2 aromatic carbocycles. The first-order chi connectivity index (χ1) is 9.61. The summed E-state index contributed by atoms with van der Waals surface area (Å²) in [4.78, 5) is 0. The lowest BCUT2D eigenvalue weighted by atomic mass is 10.0. The standard InChI is InChI=1S/C16H17ClFNO/c1-11(12-5-3-2-4-6-12)19-16(10-20)13-7-8-14(17)15(18)9-13/h2-9,11,16,19-20H,10H2,1H3. The molecule has 0 amide bonds. The molecule has 0 aliphatic carbocycles. The highest BCUT2D eigenvalue weighted by molar-refractivity contribution is 6.30. The van der Waals surface area contributed by atoms with Gasteiger partial charge in [0.05, 0.1) is 17.7 Å². The van der Waals surface area contributed by atoms with Crippen molar-refractivity contribution in [1.29, 1.82) is 0 Å². The van der Waals surface area contributed by atoms with Gasteiger partial charge in [-0.1, -0.05) is 48.0 Å². The summed E-state index contributed by atoms with van der Waals surface area (Å²) in [5.74, 6) is -0.475. The summed E-state index contributed by atoms with van der Waals surface area (Å²) in [5.41, 5.74) is 1.79. The maximum Gasteiger partial charge on any atom is 0.142 e. The molecule has 20 heavy (non-hydrogen) atoms. The van der Waals surface area contributed by atoms with Gasteiger partial charge in [-0.3, -0.25) is 0 Å². The van der Waals surface area contributed by atoms with Gasteiger partial charge in [-0.15, -0.1) is 0 Å². The van der Waals surface area contributed by atoms with Crippen LogP contribution < -0.4 is 5.32 Å². The van der Waals surface area contributed by atoms with Crippen LogP contribution in [0.5, 0.6) is 0 Å². The van der Waals surface area contributed by atoms with Crippen LogP contribution in [0.3, 0.4) is 0 Å². The van der Waals surface area contributed by atoms with Crippen molar-refractivity contribution in [2.24, 2.45) is 0 Å². The Morgan fingerprint density at radius 2 is 1.85 bits per heavy atom. The summed E-state index contributed by atoms with van der Waals surface area (Å²) in [7, 11) is 0. The molecule has 2 atom stereocenters. The number of benzene rings is 2. The Kier molecular flexibility index (Phi) is 5.12. The maximum absolute atomic E-state index is 13.5. The zero-order valence-corrected chi connectivity index (χ0v) is 11.9. The van der Waals surface area contributed by atoms with Crippen molar-refractivity contribution < 1.29 is 9.50 Å². The summed E-state index contributed by atoms with van der Waals surface area (Å²) in [6.45, 7) is 1.89. The number of rotatable bonds is 5. The minimum Gasteiger partial charge on any atom is -0.394 e. The van der Waals surface area contributed by atoms with E-state index in [4.69, 9.17) is 11.6 Å². The van der Waals surface area contributed by atoms with Crippen LogP contribution in [0.15, 0.2) is 48.5 Å². The van der Waals surface area contributed by atoms with Gasteiger partial charge >= 0.3 is 0 Å². The van der Waals surface area contributed by atoms with E-state index in [2.05, 4.69) is 5.32 Å². The predicted octanol–water partition coefficient (Wildman–Crippen LogP) is 3.86. The van der Waals surface area contributed by atoms with Gasteiger partial charge in [0, 0.05) is 6.04 Å². The van der Waals surface area contributed by atoms with Gasteiger partial charge in [-0.25, -0.2) is 4.39 Å². The number of aliphatic hydroxyl groups is 1. The molecule has 0 spiro atoms. The number of hydrogen-bond acceptors (Lipinski definition) is 2. The molecule has 106 valence electrons. The van der Waals surface area contributed by atoms with Crippen molar-refractivity contribution in [3.05, 3.63) is 70.5 Å². The maximum atomic E-state index is 13.5. The van der Waals surface area contributed by atoms with Crippen LogP contribution in [0.2, 0.25) is 5.02 Å². The first-order valence-electron chi connectivity index (χ1n) is 6.48. The molecule has 0 aliphatic rings. The predicted molar refractivity (Wildman–Crippen MR) is 79.2 cm³/mol. The van der Waals surface area contributed by atoms with Crippen molar-refractivity contribution >= 4 is 11.6 Å². The summed E-state index contributed by atoms with van der Waals surface area (Å²) >= 11 is 5.67. The highest BCUT2D eigenvalue weighted by atomic mass is 35.5. The van der Waals surface area contributed by atoms with E-state index in [-0.39, 0.29) is 23.7 Å². The monoisotopic (exact) mass is 293 g/mol. The third-order valence-electron chi connectivity index (χ3n) is 3.28. The van der Waals surface area contributed by atoms with Crippen LogP contribution in [-0.2, 0) is 0 Å². The van der Waals surface area contributed by atoms with Crippen molar-refractivity contribution in [2.45, 2.75) is 19.0 Å². The average Bonchev–Trinajstić information content (AvgIpc) is 2.48. The molecule has 0 aliphatic heterocycles. The Labute approximate surface area is 123 Å². The first kappa shape index (κ1) is 15.0. The van der Waals surface area contributed by atoms with Gasteiger partial charge < -0.3 is 10.4 Å². The molecule has 0 saturated carbocycles. The van der Waals surface area contributed by atoms with Crippen LogP contribution in [0.1, 0.15) is 30.1 Å². The largest absolute Gasteiger partial charge is 0.394 e. The summed E-state index contributed by atoms with van der Waals surface area (Å²) in [6.07, 6.45) is 0. The molecule has 2 unspecified atom stereocenters. The van der Waals surface area contributed by atoms with E-state index in [9.17, 15) is 9.50 Å². The molecular weight excluding hydrogens is 277 g/mol. The van der Waals surface area contributed by atoms with Crippen LogP contribution in [0.25, 0.3) is 0 Å². The second-order valence-electron chi connectivity index (χ2n) is 4.71. The summed E-state index contributed by atoms with van der Waals surface area (Å²) in [5, 5.41) is 12.9. The molecule has 0 saturated heterocycles. The summed E-state index contributed by atoms with van der Waals surface area (Å²) < 4.78 is 13.5. The van der Waals surface area contributed by atoms with E-state index in [0.29, 0.717) is 5.56 Å². The lowest BCUT2D eigenvalue weighted by Gasteiger charge is -2.22. The van der Waals surface area contributed by atoms with Crippen LogP contribution >= 0.6 is 11.6 Å². The fourth-order valence-corrected chi connectivity index (χ4v) is 2.24. The highest BCUT2D eigenvalue weighted by Crippen LogP contribution is 2.23. The van der Waals surface area contributed by atoms with Gasteiger partial charge in [-0.05, 0) is 30.2 Å². The average molecular weight is 294 g/mol. The fraction of sp³-hybridized carbons (Fsp3) is 0.250. The first-order valence-corrected chi connectivity index (χ1v) is 6.86. The number of hydrogen-bond donors (Lipinski definition) is 2. The smallest absolute Gasteiger partial charge is 0.142 e. The van der Waals surface area contributed by atoms with Gasteiger partial charge in [0.15, 0.2) is 0 Å². The zero-order valence-electron chi connectivity index (χ0n) is 11.2. The molecule has 0 radical (unpaired) electrons. The Morgan fingerprint density at radius 1 is 1.15 bits per heavy atom. The van der Waals surface area contributed by atoms with E-state index in [1.54, 1.807) is 6.07 Å². The zero-order chi connectivity index (χ0) is 14.5. The molecule has 0 fully saturated rings. The third kappa shape index (κ3) is 3.57. The van der Waals surface area contributed by atoms with E-state index in [1.165, 1.54) is 12.1 Å². The third-order valence-corrected chi connectivity index (χ3v) is 3.59. The number of halogens is 2. The topological polar surface area (TPSA) is 32.3 Å². The molecule has 2 rings (SSSR count). The Balaban J connectivity index is 2.14. The number of aliphatic hydroxyl groups excluding tert-OH is 1. The Hall–Kier alpha value is -1.42. The minimum absolute atomic E-state index is 0.0482. The minimum atomic E-state index is -0.475.